The van der Waals surface area contributed by atoms with E-state index in [1.165, 1.54) is 6.20 Å². The van der Waals surface area contributed by atoms with Gasteiger partial charge < -0.3 is 15.2 Å². The number of hydrogen-bond donors (Lipinski definition) is 2. The Bertz CT molecular complexity index is 602. The highest BCUT2D eigenvalue weighted by Crippen LogP contribution is 2.16. The highest BCUT2D eigenvalue weighted by Gasteiger charge is 2.17. The lowest BCUT2D eigenvalue weighted by Crippen LogP contribution is -2.45. The van der Waals surface area contributed by atoms with Crippen LogP contribution in [0.15, 0.2) is 16.8 Å². The molecule has 0 aliphatic carbocycles. The molecule has 2 aromatic heterocycles. The smallest absolute Gasteiger partial charge is 0.257 e. The van der Waals surface area contributed by atoms with Crippen LogP contribution in [0.2, 0.25) is 0 Å². The first-order valence-corrected chi connectivity index (χ1v) is 6.47. The van der Waals surface area contributed by atoms with Crippen LogP contribution in [0.1, 0.15) is 28.9 Å². The largest absolute Gasteiger partial charge is 0.348 e. The molecule has 0 radical (unpaired) electrons. The standard InChI is InChI=1S/C13H16N4O2/c1-8-11-5-9(6-15-13(11)19-17-8)12(18)16-10-3-2-4-14-7-10/h5-6,10,14H,2-4,7H2,1H3,(H,16,18)/t10-/m0/s1. The monoisotopic (exact) mass is 260 g/mol. The van der Waals surface area contributed by atoms with Gasteiger partial charge in [0.1, 0.15) is 0 Å². The first-order valence-electron chi connectivity index (χ1n) is 6.47. The average molecular weight is 260 g/mol. The Morgan fingerprint density at radius 2 is 2.47 bits per heavy atom. The Hall–Kier alpha value is -1.95. The molecule has 2 aromatic rings. The van der Waals surface area contributed by atoms with Crippen LogP contribution < -0.4 is 10.6 Å². The molecule has 0 unspecified atom stereocenters. The number of hydrogen-bond acceptors (Lipinski definition) is 5. The molecule has 2 N–H and O–H groups in total. The summed E-state index contributed by atoms with van der Waals surface area (Å²) in [5.74, 6) is -0.0938. The number of aromatic nitrogens is 2. The molecule has 1 saturated heterocycles. The number of fused-ring (bicyclic) bond motifs is 1. The maximum atomic E-state index is 12.2. The van der Waals surface area contributed by atoms with Gasteiger partial charge in [-0.05, 0) is 32.4 Å². The van der Waals surface area contributed by atoms with Gasteiger partial charge in [-0.2, -0.15) is 0 Å². The third-order valence-corrected chi connectivity index (χ3v) is 3.40. The van der Waals surface area contributed by atoms with Crippen molar-refractivity contribution in [3.05, 3.63) is 23.5 Å². The summed E-state index contributed by atoms with van der Waals surface area (Å²) in [6.07, 6.45) is 3.63. The summed E-state index contributed by atoms with van der Waals surface area (Å²) in [7, 11) is 0. The van der Waals surface area contributed by atoms with Gasteiger partial charge in [0.15, 0.2) is 0 Å². The lowest BCUT2D eigenvalue weighted by Gasteiger charge is -2.23. The van der Waals surface area contributed by atoms with Crippen molar-refractivity contribution in [3.8, 4) is 0 Å². The summed E-state index contributed by atoms with van der Waals surface area (Å²) < 4.78 is 5.03. The zero-order chi connectivity index (χ0) is 13.2. The third kappa shape index (κ3) is 2.44. The Labute approximate surface area is 110 Å². The van der Waals surface area contributed by atoms with E-state index in [0.29, 0.717) is 11.3 Å². The molecular formula is C13H16N4O2. The molecule has 1 amide bonds. The van der Waals surface area contributed by atoms with E-state index in [1.807, 2.05) is 6.92 Å². The van der Waals surface area contributed by atoms with Gasteiger partial charge in [0.2, 0.25) is 0 Å². The van der Waals surface area contributed by atoms with Gasteiger partial charge in [0, 0.05) is 18.8 Å². The van der Waals surface area contributed by atoms with Crippen molar-refractivity contribution in [3.63, 3.8) is 0 Å². The van der Waals surface area contributed by atoms with E-state index in [1.54, 1.807) is 6.07 Å². The van der Waals surface area contributed by atoms with E-state index in [9.17, 15) is 4.79 Å². The molecule has 100 valence electrons. The van der Waals surface area contributed by atoms with Gasteiger partial charge in [0.25, 0.3) is 11.6 Å². The number of aryl methyl sites for hydroxylation is 1. The zero-order valence-electron chi connectivity index (χ0n) is 10.8. The number of pyridine rings is 1. The first-order chi connectivity index (χ1) is 9.24. The van der Waals surface area contributed by atoms with Crippen molar-refractivity contribution in [2.24, 2.45) is 0 Å². The number of carbonyl (C=O) groups is 1. The number of piperidine rings is 1. The minimum Gasteiger partial charge on any atom is -0.348 e. The Kier molecular flexibility index (Phi) is 3.16. The van der Waals surface area contributed by atoms with Crippen LogP contribution in [0.4, 0.5) is 0 Å². The Morgan fingerprint density at radius 1 is 1.58 bits per heavy atom. The summed E-state index contributed by atoms with van der Waals surface area (Å²) in [6, 6.07) is 1.97. The molecule has 6 heteroatoms. The van der Waals surface area contributed by atoms with Gasteiger partial charge in [-0.25, -0.2) is 4.98 Å². The molecule has 19 heavy (non-hydrogen) atoms. The molecule has 6 nitrogen and oxygen atoms in total. The number of nitrogens with zero attached hydrogens (tertiary/aromatic N) is 2. The van der Waals surface area contributed by atoms with Gasteiger partial charge in [0.05, 0.1) is 16.6 Å². The van der Waals surface area contributed by atoms with Crippen molar-refractivity contribution < 1.29 is 9.32 Å². The molecule has 0 spiro atoms. The predicted molar refractivity (Wildman–Crippen MR) is 69.9 cm³/mol. The number of carbonyl (C=O) groups excluding carboxylic acids is 1. The van der Waals surface area contributed by atoms with Gasteiger partial charge in [-0.1, -0.05) is 5.16 Å². The van der Waals surface area contributed by atoms with Crippen LogP contribution in [0.5, 0.6) is 0 Å². The summed E-state index contributed by atoms with van der Waals surface area (Å²) in [6.45, 7) is 3.69. The van der Waals surface area contributed by atoms with E-state index >= 15 is 0 Å². The number of rotatable bonds is 2. The van der Waals surface area contributed by atoms with E-state index in [0.717, 1.165) is 37.0 Å². The molecule has 0 bridgehead atoms. The van der Waals surface area contributed by atoms with Crippen molar-refractivity contribution in [1.29, 1.82) is 0 Å². The second-order valence-electron chi connectivity index (χ2n) is 4.86. The van der Waals surface area contributed by atoms with E-state index < -0.39 is 0 Å². The molecule has 3 heterocycles. The zero-order valence-corrected chi connectivity index (χ0v) is 10.8. The highest BCUT2D eigenvalue weighted by molar-refractivity contribution is 5.97. The predicted octanol–water partition coefficient (Wildman–Crippen LogP) is 1.01. The third-order valence-electron chi connectivity index (χ3n) is 3.40. The fourth-order valence-corrected chi connectivity index (χ4v) is 2.31. The summed E-state index contributed by atoms with van der Waals surface area (Å²) in [4.78, 5) is 16.3. The Balaban J connectivity index is 1.78. The van der Waals surface area contributed by atoms with E-state index in [2.05, 4.69) is 20.8 Å². The topological polar surface area (TPSA) is 80.0 Å². The van der Waals surface area contributed by atoms with Crippen LogP contribution >= 0.6 is 0 Å². The molecule has 1 fully saturated rings. The number of amides is 1. The highest BCUT2D eigenvalue weighted by atomic mass is 16.5. The SMILES string of the molecule is Cc1noc2ncc(C(=O)N[C@H]3CCCNC3)cc12. The second-order valence-corrected chi connectivity index (χ2v) is 4.86. The van der Waals surface area contributed by atoms with Gasteiger partial charge in [-0.15, -0.1) is 0 Å². The Morgan fingerprint density at radius 3 is 3.26 bits per heavy atom. The van der Waals surface area contributed by atoms with Crippen molar-refractivity contribution in [2.45, 2.75) is 25.8 Å². The van der Waals surface area contributed by atoms with Crippen molar-refractivity contribution in [2.75, 3.05) is 13.1 Å². The van der Waals surface area contributed by atoms with Crippen molar-refractivity contribution in [1.82, 2.24) is 20.8 Å². The molecule has 1 aliphatic rings. The summed E-state index contributed by atoms with van der Waals surface area (Å²) >= 11 is 0. The molecule has 1 atom stereocenters. The minimum absolute atomic E-state index is 0.0938. The summed E-state index contributed by atoms with van der Waals surface area (Å²) in [5, 5.41) is 10.9. The van der Waals surface area contributed by atoms with Crippen LogP contribution in [-0.4, -0.2) is 35.2 Å². The van der Waals surface area contributed by atoms with Crippen LogP contribution in [0.3, 0.4) is 0 Å². The minimum atomic E-state index is -0.0938. The normalized spacial score (nSPS) is 19.5. The van der Waals surface area contributed by atoms with E-state index in [4.69, 9.17) is 4.52 Å². The molecular weight excluding hydrogens is 244 g/mol. The van der Waals surface area contributed by atoms with Gasteiger partial charge >= 0.3 is 0 Å². The quantitative estimate of drug-likeness (QED) is 0.842. The van der Waals surface area contributed by atoms with Crippen LogP contribution in [-0.2, 0) is 0 Å². The average Bonchev–Trinajstić information content (AvgIpc) is 2.81. The maximum absolute atomic E-state index is 12.2. The fraction of sp³-hybridized carbons (Fsp3) is 0.462. The molecule has 1 aliphatic heterocycles. The van der Waals surface area contributed by atoms with Gasteiger partial charge in [-0.3, -0.25) is 4.79 Å². The maximum Gasteiger partial charge on any atom is 0.257 e. The van der Waals surface area contributed by atoms with Crippen molar-refractivity contribution >= 4 is 17.0 Å². The number of nitrogens with one attached hydrogen (secondary N) is 2. The van der Waals surface area contributed by atoms with Crippen LogP contribution in [0.25, 0.3) is 11.1 Å². The molecule has 3 rings (SSSR count). The lowest BCUT2D eigenvalue weighted by atomic mass is 10.1. The summed E-state index contributed by atoms with van der Waals surface area (Å²) in [5.41, 5.74) is 1.76. The molecule has 0 aromatic carbocycles. The van der Waals surface area contributed by atoms with Crippen LogP contribution in [0, 0.1) is 6.92 Å². The lowest BCUT2D eigenvalue weighted by molar-refractivity contribution is 0.0930. The van der Waals surface area contributed by atoms with E-state index in [-0.39, 0.29) is 11.9 Å². The molecule has 0 saturated carbocycles. The second kappa shape index (κ2) is 4.97. The fourth-order valence-electron chi connectivity index (χ4n) is 2.31. The first kappa shape index (κ1) is 12.1.